The zero-order valence-corrected chi connectivity index (χ0v) is 6.40. The predicted octanol–water partition coefficient (Wildman–Crippen LogP) is -0.492. The van der Waals surface area contributed by atoms with Gasteiger partial charge in [0.1, 0.15) is 19.0 Å². The first-order valence-corrected chi connectivity index (χ1v) is 3.77. The van der Waals surface area contributed by atoms with Gasteiger partial charge in [0.2, 0.25) is 0 Å². The van der Waals surface area contributed by atoms with Gasteiger partial charge < -0.3 is 19.3 Å². The van der Waals surface area contributed by atoms with E-state index in [1.807, 2.05) is 0 Å². The Morgan fingerprint density at radius 3 is 2.82 bits per heavy atom. The highest BCUT2D eigenvalue weighted by molar-refractivity contribution is 5.04. The summed E-state index contributed by atoms with van der Waals surface area (Å²) in [5.74, 6) is 0. The van der Waals surface area contributed by atoms with Crippen LogP contribution in [0.1, 0.15) is 6.42 Å². The molecule has 64 valence electrons. The lowest BCUT2D eigenvalue weighted by molar-refractivity contribution is -0.0894. The molecule has 4 nitrogen and oxygen atoms in total. The van der Waals surface area contributed by atoms with Gasteiger partial charge in [-0.25, -0.2) is 0 Å². The van der Waals surface area contributed by atoms with Crippen molar-refractivity contribution in [3.8, 4) is 0 Å². The van der Waals surface area contributed by atoms with Crippen molar-refractivity contribution in [2.24, 2.45) is 0 Å². The van der Waals surface area contributed by atoms with E-state index >= 15 is 0 Å². The Labute approximate surface area is 65.1 Å². The third-order valence-corrected chi connectivity index (χ3v) is 2.18. The fourth-order valence-corrected chi connectivity index (χ4v) is 1.57. The molecule has 11 heavy (non-hydrogen) atoms. The van der Waals surface area contributed by atoms with Gasteiger partial charge in [-0.1, -0.05) is 0 Å². The van der Waals surface area contributed by atoms with Gasteiger partial charge in [0.05, 0.1) is 12.2 Å². The normalized spacial score (nSPS) is 47.5. The zero-order chi connectivity index (χ0) is 7.84. The molecule has 0 aromatic carbocycles. The van der Waals surface area contributed by atoms with Crippen LogP contribution in [0.15, 0.2) is 0 Å². The minimum atomic E-state index is -0.332. The number of rotatable bonds is 3. The molecule has 1 N–H and O–H groups in total. The van der Waals surface area contributed by atoms with Crippen molar-refractivity contribution in [2.45, 2.75) is 30.8 Å². The second-order valence-electron chi connectivity index (χ2n) is 2.98. The smallest absolute Gasteiger partial charge is 0.146 e. The third-order valence-electron chi connectivity index (χ3n) is 2.18. The van der Waals surface area contributed by atoms with Gasteiger partial charge in [0, 0.05) is 13.5 Å². The first kappa shape index (κ1) is 7.49. The molecule has 4 atom stereocenters. The SMILES string of the molecule is COCOC1CC(O)C2OC12. The summed E-state index contributed by atoms with van der Waals surface area (Å²) in [5.41, 5.74) is 0. The standard InChI is InChI=1S/C7H12O4/c1-9-3-10-5-2-4(8)6-7(5)11-6/h4-8H,2-3H2,1H3. The second kappa shape index (κ2) is 2.71. The highest BCUT2D eigenvalue weighted by atomic mass is 16.7. The average Bonchev–Trinajstić information content (AvgIpc) is 2.71. The van der Waals surface area contributed by atoms with Crippen LogP contribution in [0.2, 0.25) is 0 Å². The summed E-state index contributed by atoms with van der Waals surface area (Å²) >= 11 is 0. The number of aliphatic hydroxyl groups is 1. The lowest BCUT2D eigenvalue weighted by Gasteiger charge is -2.12. The highest BCUT2D eigenvalue weighted by Gasteiger charge is 2.56. The fourth-order valence-electron chi connectivity index (χ4n) is 1.57. The molecule has 2 aliphatic rings. The Bertz CT molecular complexity index is 149. The predicted molar refractivity (Wildman–Crippen MR) is 36.0 cm³/mol. The van der Waals surface area contributed by atoms with E-state index in [2.05, 4.69) is 0 Å². The number of epoxide rings is 1. The van der Waals surface area contributed by atoms with Crippen molar-refractivity contribution >= 4 is 0 Å². The first-order chi connectivity index (χ1) is 5.33. The van der Waals surface area contributed by atoms with Crippen LogP contribution in [0.4, 0.5) is 0 Å². The number of aliphatic hydroxyl groups excluding tert-OH is 1. The number of methoxy groups -OCH3 is 1. The molecule has 2 rings (SSSR count). The van der Waals surface area contributed by atoms with Crippen LogP contribution in [0.25, 0.3) is 0 Å². The number of ether oxygens (including phenoxy) is 3. The summed E-state index contributed by atoms with van der Waals surface area (Å²) in [7, 11) is 1.58. The van der Waals surface area contributed by atoms with Gasteiger partial charge in [0.15, 0.2) is 0 Å². The van der Waals surface area contributed by atoms with Crippen LogP contribution in [-0.2, 0) is 14.2 Å². The monoisotopic (exact) mass is 160 g/mol. The number of hydrogen-bond donors (Lipinski definition) is 1. The van der Waals surface area contributed by atoms with Crippen molar-refractivity contribution < 1.29 is 19.3 Å². The maximum Gasteiger partial charge on any atom is 0.146 e. The van der Waals surface area contributed by atoms with Crippen LogP contribution < -0.4 is 0 Å². The minimum Gasteiger partial charge on any atom is -0.390 e. The molecule has 1 saturated heterocycles. The van der Waals surface area contributed by atoms with Gasteiger partial charge in [0.25, 0.3) is 0 Å². The van der Waals surface area contributed by atoms with Gasteiger partial charge in [-0.2, -0.15) is 0 Å². The van der Waals surface area contributed by atoms with E-state index < -0.39 is 0 Å². The largest absolute Gasteiger partial charge is 0.390 e. The molecular formula is C7H12O4. The summed E-state index contributed by atoms with van der Waals surface area (Å²) in [4.78, 5) is 0. The van der Waals surface area contributed by atoms with Gasteiger partial charge >= 0.3 is 0 Å². The molecule has 1 heterocycles. The third kappa shape index (κ3) is 1.27. The van der Waals surface area contributed by atoms with Crippen LogP contribution in [0.3, 0.4) is 0 Å². The maximum atomic E-state index is 9.26. The molecule has 4 heteroatoms. The number of fused-ring (bicyclic) bond motifs is 1. The molecular weight excluding hydrogens is 148 g/mol. The van der Waals surface area contributed by atoms with E-state index in [9.17, 15) is 5.11 Å². The molecule has 0 radical (unpaired) electrons. The van der Waals surface area contributed by atoms with E-state index in [1.165, 1.54) is 0 Å². The Kier molecular flexibility index (Phi) is 1.85. The van der Waals surface area contributed by atoms with Gasteiger partial charge in [-0.05, 0) is 0 Å². The Hall–Kier alpha value is -0.160. The van der Waals surface area contributed by atoms with Gasteiger partial charge in [-0.3, -0.25) is 0 Å². The lowest BCUT2D eigenvalue weighted by Crippen LogP contribution is -2.19. The molecule has 1 aliphatic heterocycles. The quantitative estimate of drug-likeness (QED) is 0.447. The van der Waals surface area contributed by atoms with Crippen LogP contribution in [0, 0.1) is 0 Å². The van der Waals surface area contributed by atoms with E-state index in [0.717, 1.165) is 0 Å². The van der Waals surface area contributed by atoms with Crippen molar-refractivity contribution in [1.29, 1.82) is 0 Å². The summed E-state index contributed by atoms with van der Waals surface area (Å²) < 4.78 is 15.2. The number of hydrogen-bond acceptors (Lipinski definition) is 4. The topological polar surface area (TPSA) is 51.2 Å². The maximum absolute atomic E-state index is 9.26. The van der Waals surface area contributed by atoms with Crippen molar-refractivity contribution in [1.82, 2.24) is 0 Å². The molecule has 0 aromatic rings. The van der Waals surface area contributed by atoms with Crippen LogP contribution in [0.5, 0.6) is 0 Å². The van der Waals surface area contributed by atoms with Crippen molar-refractivity contribution in [3.63, 3.8) is 0 Å². The average molecular weight is 160 g/mol. The molecule has 0 spiro atoms. The zero-order valence-electron chi connectivity index (χ0n) is 6.40. The molecule has 1 aliphatic carbocycles. The Morgan fingerprint density at radius 1 is 1.55 bits per heavy atom. The van der Waals surface area contributed by atoms with E-state index in [0.29, 0.717) is 6.42 Å². The lowest BCUT2D eigenvalue weighted by atomic mass is 10.3. The summed E-state index contributed by atoms with van der Waals surface area (Å²) in [5, 5.41) is 9.26. The van der Waals surface area contributed by atoms with Crippen LogP contribution in [-0.4, -0.2) is 43.4 Å². The molecule has 4 unspecified atom stereocenters. The molecule has 0 bridgehead atoms. The van der Waals surface area contributed by atoms with Crippen molar-refractivity contribution in [3.05, 3.63) is 0 Å². The summed E-state index contributed by atoms with van der Waals surface area (Å²) in [6, 6.07) is 0. The van der Waals surface area contributed by atoms with E-state index in [-0.39, 0.29) is 31.2 Å². The summed E-state index contributed by atoms with van der Waals surface area (Å²) in [6.45, 7) is 0.282. The molecule has 1 saturated carbocycles. The fraction of sp³-hybridized carbons (Fsp3) is 1.00. The molecule has 0 amide bonds. The Morgan fingerprint density at radius 2 is 2.36 bits per heavy atom. The van der Waals surface area contributed by atoms with Gasteiger partial charge in [-0.15, -0.1) is 0 Å². The van der Waals surface area contributed by atoms with Crippen molar-refractivity contribution in [2.75, 3.05) is 13.9 Å². The highest BCUT2D eigenvalue weighted by Crippen LogP contribution is 2.40. The first-order valence-electron chi connectivity index (χ1n) is 3.77. The Balaban J connectivity index is 1.78. The van der Waals surface area contributed by atoms with E-state index in [4.69, 9.17) is 14.2 Å². The minimum absolute atomic E-state index is 0.0370. The molecule has 2 fully saturated rings. The molecule has 0 aromatic heterocycles. The van der Waals surface area contributed by atoms with E-state index in [1.54, 1.807) is 7.11 Å². The summed E-state index contributed by atoms with van der Waals surface area (Å²) in [6.07, 6.45) is 0.549. The second-order valence-corrected chi connectivity index (χ2v) is 2.98. The van der Waals surface area contributed by atoms with Crippen LogP contribution >= 0.6 is 0 Å².